The molecule has 0 amide bonds. The Morgan fingerprint density at radius 1 is 1.00 bits per heavy atom. The summed E-state index contributed by atoms with van der Waals surface area (Å²) in [5, 5.41) is 3.11. The Morgan fingerprint density at radius 3 is 2.45 bits per heavy atom. The number of anilines is 2. The summed E-state index contributed by atoms with van der Waals surface area (Å²) in [5.41, 5.74) is 1.90. The Bertz CT molecular complexity index is 675. The summed E-state index contributed by atoms with van der Waals surface area (Å²) >= 11 is 0. The molecule has 0 unspecified atom stereocenters. The summed E-state index contributed by atoms with van der Waals surface area (Å²) in [6.45, 7) is 0. The van der Waals surface area contributed by atoms with E-state index in [9.17, 15) is 0 Å². The van der Waals surface area contributed by atoms with Crippen LogP contribution in [0.3, 0.4) is 0 Å². The van der Waals surface area contributed by atoms with Gasteiger partial charge >= 0.3 is 0 Å². The number of oxazole rings is 1. The summed E-state index contributed by atoms with van der Waals surface area (Å²) in [5.74, 6) is 1.55. The van der Waals surface area contributed by atoms with Gasteiger partial charge in [-0.05, 0) is 24.3 Å². The third kappa shape index (κ3) is 2.64. The summed E-state index contributed by atoms with van der Waals surface area (Å²) in [6, 6.07) is 17.9. The van der Waals surface area contributed by atoms with Crippen LogP contribution in [-0.4, -0.2) is 12.1 Å². The van der Waals surface area contributed by atoms with Crippen molar-refractivity contribution in [2.24, 2.45) is 0 Å². The number of ether oxygens (including phenoxy) is 1. The second kappa shape index (κ2) is 5.48. The number of nitrogens with one attached hydrogen (secondary N) is 1. The number of hydrogen-bond donors (Lipinski definition) is 1. The molecule has 3 aromatic rings. The molecule has 1 heterocycles. The second-order valence-corrected chi connectivity index (χ2v) is 4.25. The van der Waals surface area contributed by atoms with E-state index in [1.165, 1.54) is 0 Å². The molecule has 0 atom stereocenters. The molecule has 0 bridgehead atoms. The van der Waals surface area contributed by atoms with Gasteiger partial charge in [-0.25, -0.2) is 4.98 Å². The van der Waals surface area contributed by atoms with E-state index in [-0.39, 0.29) is 0 Å². The van der Waals surface area contributed by atoms with Crippen molar-refractivity contribution in [3.05, 3.63) is 60.8 Å². The van der Waals surface area contributed by atoms with Gasteiger partial charge in [-0.1, -0.05) is 30.3 Å². The van der Waals surface area contributed by atoms with E-state index < -0.39 is 0 Å². The average Bonchev–Trinajstić information content (AvgIpc) is 2.97. The SMILES string of the molecule is COc1ccc(Nc2ncc(-c3ccccc3)o2)cc1. The fourth-order valence-electron chi connectivity index (χ4n) is 1.87. The van der Waals surface area contributed by atoms with Crippen molar-refractivity contribution in [2.45, 2.75) is 0 Å². The Kier molecular flexibility index (Phi) is 3.37. The van der Waals surface area contributed by atoms with E-state index in [2.05, 4.69) is 10.3 Å². The molecule has 0 aliphatic carbocycles. The molecule has 0 spiro atoms. The molecule has 4 nitrogen and oxygen atoms in total. The first-order chi connectivity index (χ1) is 9.85. The first kappa shape index (κ1) is 12.3. The van der Waals surface area contributed by atoms with Crippen molar-refractivity contribution in [1.82, 2.24) is 4.98 Å². The first-order valence-corrected chi connectivity index (χ1v) is 6.27. The molecule has 3 rings (SSSR count). The topological polar surface area (TPSA) is 47.3 Å². The molecule has 4 heteroatoms. The maximum Gasteiger partial charge on any atom is 0.299 e. The van der Waals surface area contributed by atoms with E-state index in [4.69, 9.17) is 9.15 Å². The lowest BCUT2D eigenvalue weighted by atomic mass is 10.2. The van der Waals surface area contributed by atoms with Crippen LogP contribution in [0.5, 0.6) is 5.75 Å². The lowest BCUT2D eigenvalue weighted by Crippen LogP contribution is -1.90. The molecule has 100 valence electrons. The smallest absolute Gasteiger partial charge is 0.299 e. The van der Waals surface area contributed by atoms with Crippen LogP contribution in [0.4, 0.5) is 11.7 Å². The highest BCUT2D eigenvalue weighted by atomic mass is 16.5. The lowest BCUT2D eigenvalue weighted by Gasteiger charge is -2.03. The number of methoxy groups -OCH3 is 1. The molecule has 0 saturated heterocycles. The van der Waals surface area contributed by atoms with Crippen LogP contribution >= 0.6 is 0 Å². The van der Waals surface area contributed by atoms with Crippen molar-refractivity contribution in [3.63, 3.8) is 0 Å². The van der Waals surface area contributed by atoms with Gasteiger partial charge in [0.1, 0.15) is 5.75 Å². The molecule has 1 N–H and O–H groups in total. The van der Waals surface area contributed by atoms with Crippen LogP contribution in [0.15, 0.2) is 65.2 Å². The minimum Gasteiger partial charge on any atom is -0.497 e. The highest BCUT2D eigenvalue weighted by molar-refractivity contribution is 5.59. The molecular formula is C16H14N2O2. The average molecular weight is 266 g/mol. The van der Waals surface area contributed by atoms with E-state index >= 15 is 0 Å². The van der Waals surface area contributed by atoms with Gasteiger partial charge in [0.25, 0.3) is 6.01 Å². The van der Waals surface area contributed by atoms with Gasteiger partial charge < -0.3 is 14.5 Å². The molecule has 1 aromatic heterocycles. The number of nitrogens with zero attached hydrogens (tertiary/aromatic N) is 1. The van der Waals surface area contributed by atoms with Crippen LogP contribution in [0.1, 0.15) is 0 Å². The fourth-order valence-corrected chi connectivity index (χ4v) is 1.87. The minimum absolute atomic E-state index is 0.467. The molecule has 0 saturated carbocycles. The Hall–Kier alpha value is -2.75. The zero-order chi connectivity index (χ0) is 13.8. The zero-order valence-corrected chi connectivity index (χ0v) is 11.0. The molecule has 0 fully saturated rings. The predicted molar refractivity (Wildman–Crippen MR) is 78.2 cm³/mol. The quantitative estimate of drug-likeness (QED) is 0.772. The Balaban J connectivity index is 1.77. The van der Waals surface area contributed by atoms with Crippen molar-refractivity contribution >= 4 is 11.7 Å². The largest absolute Gasteiger partial charge is 0.497 e. The standard InChI is InChI=1S/C16H14N2O2/c1-19-14-9-7-13(8-10-14)18-16-17-11-15(20-16)12-5-3-2-4-6-12/h2-11H,1H3,(H,17,18). The van der Waals surface area contributed by atoms with E-state index in [1.54, 1.807) is 13.3 Å². The van der Waals surface area contributed by atoms with Gasteiger partial charge in [0, 0.05) is 11.3 Å². The molecule has 0 aliphatic rings. The monoisotopic (exact) mass is 266 g/mol. The van der Waals surface area contributed by atoms with Crippen molar-refractivity contribution in [2.75, 3.05) is 12.4 Å². The highest BCUT2D eigenvalue weighted by Gasteiger charge is 2.06. The summed E-state index contributed by atoms with van der Waals surface area (Å²) in [7, 11) is 1.64. The van der Waals surface area contributed by atoms with E-state index in [0.717, 1.165) is 22.8 Å². The predicted octanol–water partition coefficient (Wildman–Crippen LogP) is 4.09. The van der Waals surface area contributed by atoms with Gasteiger partial charge in [0.05, 0.1) is 13.3 Å². The molecular weight excluding hydrogens is 252 g/mol. The van der Waals surface area contributed by atoms with Crippen LogP contribution in [0.25, 0.3) is 11.3 Å². The van der Waals surface area contributed by atoms with Gasteiger partial charge in [0.2, 0.25) is 0 Å². The van der Waals surface area contributed by atoms with Crippen LogP contribution in [-0.2, 0) is 0 Å². The fraction of sp³-hybridized carbons (Fsp3) is 0.0625. The number of rotatable bonds is 4. The number of hydrogen-bond acceptors (Lipinski definition) is 4. The van der Waals surface area contributed by atoms with E-state index in [0.29, 0.717) is 6.01 Å². The molecule has 0 aliphatic heterocycles. The van der Waals surface area contributed by atoms with Gasteiger partial charge in [-0.2, -0.15) is 0 Å². The lowest BCUT2D eigenvalue weighted by molar-refractivity contribution is 0.415. The molecule has 2 aromatic carbocycles. The van der Waals surface area contributed by atoms with Crippen molar-refractivity contribution < 1.29 is 9.15 Å². The summed E-state index contributed by atoms with van der Waals surface area (Å²) in [6.07, 6.45) is 1.71. The van der Waals surface area contributed by atoms with Crippen molar-refractivity contribution in [1.29, 1.82) is 0 Å². The third-order valence-electron chi connectivity index (χ3n) is 2.91. The van der Waals surface area contributed by atoms with Gasteiger partial charge in [0.15, 0.2) is 5.76 Å². The van der Waals surface area contributed by atoms with Crippen LogP contribution in [0, 0.1) is 0 Å². The van der Waals surface area contributed by atoms with Crippen LogP contribution in [0.2, 0.25) is 0 Å². The van der Waals surface area contributed by atoms with Crippen molar-refractivity contribution in [3.8, 4) is 17.1 Å². The van der Waals surface area contributed by atoms with Crippen LogP contribution < -0.4 is 10.1 Å². The number of aromatic nitrogens is 1. The third-order valence-corrected chi connectivity index (χ3v) is 2.91. The highest BCUT2D eigenvalue weighted by Crippen LogP contribution is 2.24. The normalized spacial score (nSPS) is 10.2. The Labute approximate surface area is 117 Å². The molecule has 0 radical (unpaired) electrons. The summed E-state index contributed by atoms with van der Waals surface area (Å²) in [4.78, 5) is 4.22. The second-order valence-electron chi connectivity index (χ2n) is 4.25. The van der Waals surface area contributed by atoms with E-state index in [1.807, 2.05) is 54.6 Å². The molecule has 20 heavy (non-hydrogen) atoms. The van der Waals surface area contributed by atoms with Gasteiger partial charge in [-0.15, -0.1) is 0 Å². The zero-order valence-electron chi connectivity index (χ0n) is 11.0. The maximum atomic E-state index is 5.68. The first-order valence-electron chi connectivity index (χ1n) is 6.27. The van der Waals surface area contributed by atoms with Gasteiger partial charge in [-0.3, -0.25) is 0 Å². The summed E-state index contributed by atoms with van der Waals surface area (Å²) < 4.78 is 10.8. The Morgan fingerprint density at radius 2 is 1.75 bits per heavy atom. The number of benzene rings is 2. The minimum atomic E-state index is 0.467. The maximum absolute atomic E-state index is 5.68.